The molecule has 3 nitrogen and oxygen atoms in total. The molecule has 3 rings (SSSR count). The van der Waals surface area contributed by atoms with Crippen molar-refractivity contribution in [1.82, 2.24) is 0 Å². The zero-order valence-electron chi connectivity index (χ0n) is 14.1. The van der Waals surface area contributed by atoms with Gasteiger partial charge in [-0.2, -0.15) is 5.26 Å². The second-order valence-electron chi connectivity index (χ2n) is 5.66. The van der Waals surface area contributed by atoms with E-state index in [1.165, 1.54) is 0 Å². The van der Waals surface area contributed by atoms with E-state index in [9.17, 15) is 0 Å². The molecular formula is C22H19NO2. The van der Waals surface area contributed by atoms with E-state index < -0.39 is 0 Å². The molecule has 0 aromatic heterocycles. The molecule has 25 heavy (non-hydrogen) atoms. The van der Waals surface area contributed by atoms with Gasteiger partial charge in [0.1, 0.15) is 18.1 Å². The predicted octanol–water partition coefficient (Wildman–Crippen LogP) is 5.01. The largest absolute Gasteiger partial charge is 0.496 e. The number of rotatable bonds is 6. The van der Waals surface area contributed by atoms with Crippen molar-refractivity contribution < 1.29 is 9.47 Å². The zero-order chi connectivity index (χ0) is 17.5. The summed E-state index contributed by atoms with van der Waals surface area (Å²) in [6.07, 6.45) is 0.337. The third-order valence-electron chi connectivity index (χ3n) is 3.97. The quantitative estimate of drug-likeness (QED) is 0.638. The normalized spacial score (nSPS) is 10.1. The lowest BCUT2D eigenvalue weighted by Gasteiger charge is -2.11. The molecule has 124 valence electrons. The van der Waals surface area contributed by atoms with Gasteiger partial charge >= 0.3 is 0 Å². The van der Waals surface area contributed by atoms with Gasteiger partial charge in [-0.15, -0.1) is 0 Å². The molecule has 3 heteroatoms. The van der Waals surface area contributed by atoms with Gasteiger partial charge in [-0.05, 0) is 34.9 Å². The minimum absolute atomic E-state index is 0.337. The molecule has 0 unspecified atom stereocenters. The van der Waals surface area contributed by atoms with Gasteiger partial charge in [-0.3, -0.25) is 0 Å². The van der Waals surface area contributed by atoms with Crippen LogP contribution in [0.2, 0.25) is 0 Å². The molecule has 0 fully saturated rings. The second-order valence-corrected chi connectivity index (χ2v) is 5.66. The highest BCUT2D eigenvalue weighted by atomic mass is 16.5. The molecule has 3 aromatic rings. The first-order valence-electron chi connectivity index (χ1n) is 8.11. The number of nitriles is 1. The Morgan fingerprint density at radius 3 is 2.44 bits per heavy atom. The molecule has 0 amide bonds. The van der Waals surface area contributed by atoms with Crippen LogP contribution in [0.1, 0.15) is 11.1 Å². The average Bonchev–Trinajstić information content (AvgIpc) is 2.68. The van der Waals surface area contributed by atoms with Crippen molar-refractivity contribution in [3.8, 4) is 28.7 Å². The van der Waals surface area contributed by atoms with E-state index in [4.69, 9.17) is 14.7 Å². The summed E-state index contributed by atoms with van der Waals surface area (Å²) in [7, 11) is 1.62. The highest BCUT2D eigenvalue weighted by Gasteiger charge is 2.07. The van der Waals surface area contributed by atoms with Gasteiger partial charge < -0.3 is 9.47 Å². The number of methoxy groups -OCH3 is 1. The maximum Gasteiger partial charge on any atom is 0.123 e. The Labute approximate surface area is 148 Å². The lowest BCUT2D eigenvalue weighted by molar-refractivity contribution is 0.306. The fourth-order valence-corrected chi connectivity index (χ4v) is 2.66. The van der Waals surface area contributed by atoms with Crippen LogP contribution in [0.3, 0.4) is 0 Å². The maximum absolute atomic E-state index is 8.89. The standard InChI is InChI=1S/C22H19NO2/c1-24-22-15-20(11-10-18(22)12-13-23)19-8-5-9-21(14-19)25-16-17-6-3-2-4-7-17/h2-11,14-15H,12,16H2,1H3. The second kappa shape index (κ2) is 8.03. The first-order valence-corrected chi connectivity index (χ1v) is 8.11. The Kier molecular flexibility index (Phi) is 5.33. The van der Waals surface area contributed by atoms with Crippen LogP contribution < -0.4 is 9.47 Å². The molecular weight excluding hydrogens is 310 g/mol. The van der Waals surface area contributed by atoms with Gasteiger partial charge in [0.05, 0.1) is 19.6 Å². The van der Waals surface area contributed by atoms with Gasteiger partial charge in [0.2, 0.25) is 0 Å². The summed E-state index contributed by atoms with van der Waals surface area (Å²) in [4.78, 5) is 0. The molecule has 0 N–H and O–H groups in total. The summed E-state index contributed by atoms with van der Waals surface area (Å²) in [5.74, 6) is 1.55. The van der Waals surface area contributed by atoms with E-state index in [1.807, 2.05) is 72.8 Å². The van der Waals surface area contributed by atoms with Crippen LogP contribution >= 0.6 is 0 Å². The Balaban J connectivity index is 1.80. The molecule has 3 aromatic carbocycles. The number of hydrogen-bond donors (Lipinski definition) is 0. The van der Waals surface area contributed by atoms with Crippen molar-refractivity contribution in [3.05, 3.63) is 83.9 Å². The molecule has 0 saturated heterocycles. The van der Waals surface area contributed by atoms with Gasteiger partial charge in [-0.1, -0.05) is 54.6 Å². The van der Waals surface area contributed by atoms with Crippen LogP contribution in [0.4, 0.5) is 0 Å². The fraction of sp³-hybridized carbons (Fsp3) is 0.136. The first kappa shape index (κ1) is 16.6. The summed E-state index contributed by atoms with van der Waals surface area (Å²) < 4.78 is 11.3. The lowest BCUT2D eigenvalue weighted by Crippen LogP contribution is -1.95. The van der Waals surface area contributed by atoms with Crippen molar-refractivity contribution in [2.45, 2.75) is 13.0 Å². The molecule has 0 aliphatic rings. The van der Waals surface area contributed by atoms with E-state index in [0.29, 0.717) is 13.0 Å². The molecule has 0 aliphatic heterocycles. The lowest BCUT2D eigenvalue weighted by atomic mass is 10.0. The van der Waals surface area contributed by atoms with Crippen molar-refractivity contribution in [2.75, 3.05) is 7.11 Å². The van der Waals surface area contributed by atoms with Crippen molar-refractivity contribution in [2.24, 2.45) is 0 Å². The highest BCUT2D eigenvalue weighted by molar-refractivity contribution is 5.67. The topological polar surface area (TPSA) is 42.2 Å². The Morgan fingerprint density at radius 2 is 1.68 bits per heavy atom. The van der Waals surface area contributed by atoms with Gasteiger partial charge in [-0.25, -0.2) is 0 Å². The zero-order valence-corrected chi connectivity index (χ0v) is 14.1. The third-order valence-corrected chi connectivity index (χ3v) is 3.97. The summed E-state index contributed by atoms with van der Waals surface area (Å²) >= 11 is 0. The molecule has 0 spiro atoms. The monoisotopic (exact) mass is 329 g/mol. The third kappa shape index (κ3) is 4.19. The first-order chi connectivity index (χ1) is 12.3. The van der Waals surface area contributed by atoms with Crippen LogP contribution in [-0.2, 0) is 13.0 Å². The summed E-state index contributed by atoms with van der Waals surface area (Å²) in [5, 5.41) is 8.89. The smallest absolute Gasteiger partial charge is 0.123 e. The van der Waals surface area contributed by atoms with Crippen molar-refractivity contribution >= 4 is 0 Å². The Morgan fingerprint density at radius 1 is 0.880 bits per heavy atom. The molecule has 0 aliphatic carbocycles. The maximum atomic E-state index is 8.89. The molecule has 0 heterocycles. The number of benzene rings is 3. The molecule has 0 radical (unpaired) electrons. The van der Waals surface area contributed by atoms with E-state index in [0.717, 1.165) is 33.8 Å². The number of ether oxygens (including phenoxy) is 2. The van der Waals surface area contributed by atoms with E-state index in [2.05, 4.69) is 6.07 Å². The summed E-state index contributed by atoms with van der Waals surface area (Å²) in [6, 6.07) is 26.1. The van der Waals surface area contributed by atoms with Crippen LogP contribution in [0, 0.1) is 11.3 Å². The minimum Gasteiger partial charge on any atom is -0.496 e. The molecule has 0 atom stereocenters. The van der Waals surface area contributed by atoms with Crippen LogP contribution in [0.25, 0.3) is 11.1 Å². The van der Waals surface area contributed by atoms with Gasteiger partial charge in [0.15, 0.2) is 0 Å². The number of nitrogens with zero attached hydrogens (tertiary/aromatic N) is 1. The Bertz CT molecular complexity index is 882. The van der Waals surface area contributed by atoms with Gasteiger partial charge in [0.25, 0.3) is 0 Å². The van der Waals surface area contributed by atoms with Crippen molar-refractivity contribution in [3.63, 3.8) is 0 Å². The summed E-state index contributed by atoms with van der Waals surface area (Å²) in [5.41, 5.74) is 4.11. The molecule has 0 bridgehead atoms. The highest BCUT2D eigenvalue weighted by Crippen LogP contribution is 2.29. The van der Waals surface area contributed by atoms with Crippen LogP contribution in [0.5, 0.6) is 11.5 Å². The minimum atomic E-state index is 0.337. The van der Waals surface area contributed by atoms with Crippen LogP contribution in [-0.4, -0.2) is 7.11 Å². The SMILES string of the molecule is COc1cc(-c2cccc(OCc3ccccc3)c2)ccc1CC#N. The van der Waals surface area contributed by atoms with E-state index in [1.54, 1.807) is 7.11 Å². The Hall–Kier alpha value is -3.25. The summed E-state index contributed by atoms with van der Waals surface area (Å²) in [6.45, 7) is 0.536. The fourth-order valence-electron chi connectivity index (χ4n) is 2.66. The van der Waals surface area contributed by atoms with Crippen LogP contribution in [0.15, 0.2) is 72.8 Å². The van der Waals surface area contributed by atoms with Crippen molar-refractivity contribution in [1.29, 1.82) is 5.26 Å². The average molecular weight is 329 g/mol. The van der Waals surface area contributed by atoms with Gasteiger partial charge in [0, 0.05) is 5.56 Å². The molecule has 0 saturated carbocycles. The van der Waals surface area contributed by atoms with E-state index in [-0.39, 0.29) is 0 Å². The van der Waals surface area contributed by atoms with E-state index >= 15 is 0 Å². The number of hydrogen-bond acceptors (Lipinski definition) is 3. The predicted molar refractivity (Wildman–Crippen MR) is 98.5 cm³/mol.